The number of ether oxygens (including phenoxy) is 2. The minimum absolute atomic E-state index is 0.00742. The summed E-state index contributed by atoms with van der Waals surface area (Å²) in [5, 5.41) is 13.7. The maximum absolute atomic E-state index is 11.3. The second-order valence-electron chi connectivity index (χ2n) is 5.99. The number of hydrogen-bond donors (Lipinski definition) is 3. The summed E-state index contributed by atoms with van der Waals surface area (Å²) in [5.41, 5.74) is -0.504. The second-order valence-corrected chi connectivity index (χ2v) is 5.99. The topological polar surface area (TPSA) is 114 Å². The zero-order chi connectivity index (χ0) is 17.7. The Bertz CT molecular complexity index is 379. The summed E-state index contributed by atoms with van der Waals surface area (Å²) in [4.78, 5) is 32.8. The monoisotopic (exact) mass is 332 g/mol. The lowest BCUT2D eigenvalue weighted by atomic mass is 10.2. The van der Waals surface area contributed by atoms with E-state index in [4.69, 9.17) is 14.6 Å². The van der Waals surface area contributed by atoms with Gasteiger partial charge in [0.15, 0.2) is 0 Å². The molecule has 8 nitrogen and oxygen atoms in total. The predicted octanol–water partition coefficient (Wildman–Crippen LogP) is 1.29. The highest BCUT2D eigenvalue weighted by Crippen LogP contribution is 2.06. The number of carbonyl (C=O) groups excluding carboxylic acids is 2. The molecule has 3 N–H and O–H groups in total. The summed E-state index contributed by atoms with van der Waals surface area (Å²) in [6, 6.07) is 0. The number of rotatable bonds is 11. The van der Waals surface area contributed by atoms with Gasteiger partial charge in [0, 0.05) is 32.7 Å². The second kappa shape index (κ2) is 11.7. The van der Waals surface area contributed by atoms with E-state index in [0.717, 1.165) is 0 Å². The van der Waals surface area contributed by atoms with Gasteiger partial charge >= 0.3 is 12.1 Å². The highest BCUT2D eigenvalue weighted by Gasteiger charge is 2.15. The standard InChI is InChI=1S/C15H28N2O6/c1-15(2,3)23-14(21)17-9-5-11-22-10-4-8-16-12(18)6-7-13(19)20/h4-11H2,1-3H3,(H,16,18)(H,17,21)(H,19,20). The van der Waals surface area contributed by atoms with Crippen LogP contribution in [0.1, 0.15) is 46.5 Å². The van der Waals surface area contributed by atoms with Crippen molar-refractivity contribution in [3.63, 3.8) is 0 Å². The van der Waals surface area contributed by atoms with E-state index in [1.54, 1.807) is 20.8 Å². The Hall–Kier alpha value is -1.83. The lowest BCUT2D eigenvalue weighted by Crippen LogP contribution is -2.33. The van der Waals surface area contributed by atoms with E-state index in [9.17, 15) is 14.4 Å². The summed E-state index contributed by atoms with van der Waals surface area (Å²) in [7, 11) is 0. The summed E-state index contributed by atoms with van der Waals surface area (Å²) in [6.07, 6.45) is 0.712. The third-order valence-corrected chi connectivity index (χ3v) is 2.49. The van der Waals surface area contributed by atoms with Gasteiger partial charge in [-0.05, 0) is 33.6 Å². The molecule has 0 bridgehead atoms. The van der Waals surface area contributed by atoms with Gasteiger partial charge in [0.25, 0.3) is 0 Å². The molecule has 0 aliphatic heterocycles. The number of carboxylic acid groups (broad SMARTS) is 1. The zero-order valence-corrected chi connectivity index (χ0v) is 14.1. The predicted molar refractivity (Wildman–Crippen MR) is 84.2 cm³/mol. The zero-order valence-electron chi connectivity index (χ0n) is 14.1. The molecule has 134 valence electrons. The molecule has 0 spiro atoms. The molecule has 0 aromatic carbocycles. The number of carboxylic acids is 1. The molecule has 0 atom stereocenters. The van der Waals surface area contributed by atoms with Crippen LogP contribution >= 0.6 is 0 Å². The van der Waals surface area contributed by atoms with E-state index < -0.39 is 17.7 Å². The van der Waals surface area contributed by atoms with Gasteiger partial charge in [-0.1, -0.05) is 0 Å². The third kappa shape index (κ3) is 16.4. The first-order valence-corrected chi connectivity index (χ1v) is 7.74. The largest absolute Gasteiger partial charge is 0.481 e. The van der Waals surface area contributed by atoms with E-state index in [1.165, 1.54) is 0 Å². The van der Waals surface area contributed by atoms with Crippen molar-refractivity contribution in [2.45, 2.75) is 52.1 Å². The number of alkyl carbamates (subject to hydrolysis) is 1. The number of amides is 2. The van der Waals surface area contributed by atoms with Crippen LogP contribution in [0, 0.1) is 0 Å². The smallest absolute Gasteiger partial charge is 0.407 e. The molecule has 0 saturated carbocycles. The third-order valence-electron chi connectivity index (χ3n) is 2.49. The molecule has 0 unspecified atom stereocenters. The minimum Gasteiger partial charge on any atom is -0.481 e. The van der Waals surface area contributed by atoms with Crippen molar-refractivity contribution in [2.75, 3.05) is 26.3 Å². The van der Waals surface area contributed by atoms with Crippen LogP contribution < -0.4 is 10.6 Å². The average Bonchev–Trinajstić information content (AvgIpc) is 2.41. The molecule has 0 aliphatic carbocycles. The van der Waals surface area contributed by atoms with Crippen molar-refractivity contribution in [2.24, 2.45) is 0 Å². The maximum Gasteiger partial charge on any atom is 0.407 e. The fraction of sp³-hybridized carbons (Fsp3) is 0.800. The fourth-order valence-electron chi connectivity index (χ4n) is 1.49. The Morgan fingerprint density at radius 3 is 2.04 bits per heavy atom. The summed E-state index contributed by atoms with van der Waals surface area (Å²) in [5.74, 6) is -1.25. The Balaban J connectivity index is 3.35. The first-order valence-electron chi connectivity index (χ1n) is 7.74. The molecule has 23 heavy (non-hydrogen) atoms. The van der Waals surface area contributed by atoms with Gasteiger partial charge in [-0.15, -0.1) is 0 Å². The molecule has 0 rings (SSSR count). The van der Waals surface area contributed by atoms with Crippen LogP contribution in [0.25, 0.3) is 0 Å². The molecule has 0 aromatic rings. The number of carbonyl (C=O) groups is 3. The Morgan fingerprint density at radius 2 is 1.52 bits per heavy atom. The number of aliphatic carboxylic acids is 1. The normalized spacial score (nSPS) is 10.9. The van der Waals surface area contributed by atoms with Gasteiger partial charge in [0.05, 0.1) is 6.42 Å². The highest BCUT2D eigenvalue weighted by atomic mass is 16.6. The molecular weight excluding hydrogens is 304 g/mol. The lowest BCUT2D eigenvalue weighted by Gasteiger charge is -2.19. The quantitative estimate of drug-likeness (QED) is 0.491. The van der Waals surface area contributed by atoms with Crippen LogP contribution in [0.15, 0.2) is 0 Å². The van der Waals surface area contributed by atoms with E-state index >= 15 is 0 Å². The number of nitrogens with one attached hydrogen (secondary N) is 2. The van der Waals surface area contributed by atoms with Gasteiger partial charge < -0.3 is 25.2 Å². The van der Waals surface area contributed by atoms with Gasteiger partial charge in [-0.2, -0.15) is 0 Å². The Labute approximate surface area is 136 Å². The molecule has 0 aliphatic rings. The molecule has 0 fully saturated rings. The van der Waals surface area contributed by atoms with Gasteiger partial charge in [-0.3, -0.25) is 9.59 Å². The lowest BCUT2D eigenvalue weighted by molar-refractivity contribution is -0.138. The van der Waals surface area contributed by atoms with E-state index in [0.29, 0.717) is 39.1 Å². The summed E-state index contributed by atoms with van der Waals surface area (Å²) >= 11 is 0. The highest BCUT2D eigenvalue weighted by molar-refractivity contribution is 5.80. The SMILES string of the molecule is CC(C)(C)OC(=O)NCCCOCCCNC(=O)CCC(=O)O. The first kappa shape index (κ1) is 21.2. The molecule has 0 heterocycles. The molecular formula is C15H28N2O6. The van der Waals surface area contributed by atoms with E-state index in [-0.39, 0.29) is 18.7 Å². The van der Waals surface area contributed by atoms with Crippen molar-refractivity contribution in [3.8, 4) is 0 Å². The molecule has 2 amide bonds. The fourth-order valence-corrected chi connectivity index (χ4v) is 1.49. The van der Waals surface area contributed by atoms with Gasteiger partial charge in [0.2, 0.25) is 5.91 Å². The molecule has 0 aromatic heterocycles. The van der Waals surface area contributed by atoms with Crippen molar-refractivity contribution in [1.29, 1.82) is 0 Å². The molecule has 8 heteroatoms. The van der Waals surface area contributed by atoms with Crippen LogP contribution in [-0.4, -0.2) is 55.0 Å². The van der Waals surface area contributed by atoms with Crippen molar-refractivity contribution in [1.82, 2.24) is 10.6 Å². The van der Waals surface area contributed by atoms with E-state index in [2.05, 4.69) is 10.6 Å². The van der Waals surface area contributed by atoms with Gasteiger partial charge in [0.1, 0.15) is 5.60 Å². The maximum atomic E-state index is 11.3. The summed E-state index contributed by atoms with van der Waals surface area (Å²) in [6.45, 7) is 7.33. The van der Waals surface area contributed by atoms with Crippen molar-refractivity contribution < 1.29 is 29.0 Å². The summed E-state index contributed by atoms with van der Waals surface area (Å²) < 4.78 is 10.4. The Morgan fingerprint density at radius 1 is 0.957 bits per heavy atom. The van der Waals surface area contributed by atoms with Gasteiger partial charge in [-0.25, -0.2) is 4.79 Å². The molecule has 0 saturated heterocycles. The van der Waals surface area contributed by atoms with Crippen molar-refractivity contribution >= 4 is 18.0 Å². The van der Waals surface area contributed by atoms with Crippen LogP contribution in [0.3, 0.4) is 0 Å². The Kier molecular flexibility index (Phi) is 10.8. The molecule has 0 radical (unpaired) electrons. The van der Waals surface area contributed by atoms with Crippen LogP contribution in [-0.2, 0) is 19.1 Å². The number of hydrogen-bond acceptors (Lipinski definition) is 5. The average molecular weight is 332 g/mol. The van der Waals surface area contributed by atoms with Crippen molar-refractivity contribution in [3.05, 3.63) is 0 Å². The first-order chi connectivity index (χ1) is 10.7. The van der Waals surface area contributed by atoms with Crippen LogP contribution in [0.2, 0.25) is 0 Å². The van der Waals surface area contributed by atoms with Crippen LogP contribution in [0.5, 0.6) is 0 Å². The minimum atomic E-state index is -0.983. The van der Waals surface area contributed by atoms with E-state index in [1.807, 2.05) is 0 Å². The van der Waals surface area contributed by atoms with Crippen LogP contribution in [0.4, 0.5) is 4.79 Å².